The minimum absolute atomic E-state index is 0.248. The molecule has 8 heteroatoms. The maximum absolute atomic E-state index is 12.0. The van der Waals surface area contributed by atoms with E-state index in [1.807, 2.05) is 6.92 Å². The fraction of sp³-hybridized carbons (Fsp3) is 0.300. The highest BCUT2D eigenvalue weighted by Crippen LogP contribution is 2.13. The molecular weight excluding hydrogens is 252 g/mol. The van der Waals surface area contributed by atoms with Crippen molar-refractivity contribution in [3.63, 3.8) is 0 Å². The van der Waals surface area contributed by atoms with Crippen LogP contribution < -0.4 is 10.6 Å². The van der Waals surface area contributed by atoms with Crippen molar-refractivity contribution in [2.24, 2.45) is 0 Å². The summed E-state index contributed by atoms with van der Waals surface area (Å²) in [4.78, 5) is 16.3. The fourth-order valence-corrected chi connectivity index (χ4v) is 1.74. The molecule has 2 aromatic heterocycles. The zero-order chi connectivity index (χ0) is 13.0. The van der Waals surface area contributed by atoms with Gasteiger partial charge in [-0.25, -0.2) is 4.98 Å². The molecule has 2 rings (SSSR count). The number of rotatable bonds is 4. The van der Waals surface area contributed by atoms with Crippen molar-refractivity contribution in [3.8, 4) is 0 Å². The maximum atomic E-state index is 12.0. The van der Waals surface area contributed by atoms with Crippen molar-refractivity contribution in [1.82, 2.24) is 19.8 Å². The smallest absolute Gasteiger partial charge is 0.257 e. The van der Waals surface area contributed by atoms with E-state index in [4.69, 9.17) is 0 Å². The van der Waals surface area contributed by atoms with Gasteiger partial charge in [0, 0.05) is 29.8 Å². The van der Waals surface area contributed by atoms with E-state index in [9.17, 15) is 4.79 Å². The number of hydrogen-bond acceptors (Lipinski definition) is 7. The summed E-state index contributed by atoms with van der Waals surface area (Å²) in [7, 11) is 1.76. The van der Waals surface area contributed by atoms with Crippen LogP contribution in [0.15, 0.2) is 12.1 Å². The Morgan fingerprint density at radius 2 is 2.28 bits per heavy atom. The molecule has 1 amide bonds. The third kappa shape index (κ3) is 2.77. The summed E-state index contributed by atoms with van der Waals surface area (Å²) in [6.07, 6.45) is 0.760. The van der Waals surface area contributed by atoms with E-state index in [-0.39, 0.29) is 5.91 Å². The average molecular weight is 264 g/mol. The summed E-state index contributed by atoms with van der Waals surface area (Å²) >= 11 is 1.03. The molecular formula is C10H12N6OS. The summed E-state index contributed by atoms with van der Waals surface area (Å²) in [6, 6.07) is 3.44. The van der Waals surface area contributed by atoms with E-state index >= 15 is 0 Å². The van der Waals surface area contributed by atoms with Crippen molar-refractivity contribution >= 4 is 28.4 Å². The molecule has 0 fully saturated rings. The molecule has 0 spiro atoms. The van der Waals surface area contributed by atoms with E-state index in [0.717, 1.165) is 23.6 Å². The zero-order valence-electron chi connectivity index (χ0n) is 9.97. The third-order valence-corrected chi connectivity index (χ3v) is 2.79. The molecule has 0 saturated carbocycles. The van der Waals surface area contributed by atoms with Crippen molar-refractivity contribution in [3.05, 3.63) is 23.4 Å². The van der Waals surface area contributed by atoms with Crippen LogP contribution in [0.5, 0.6) is 0 Å². The molecule has 0 aliphatic heterocycles. The molecule has 0 aliphatic carbocycles. The fourth-order valence-electron chi connectivity index (χ4n) is 1.38. The van der Waals surface area contributed by atoms with Crippen LogP contribution in [-0.4, -0.2) is 32.7 Å². The van der Waals surface area contributed by atoms with Crippen LogP contribution in [0.25, 0.3) is 0 Å². The van der Waals surface area contributed by atoms with Crippen molar-refractivity contribution < 1.29 is 4.79 Å². The predicted molar refractivity (Wildman–Crippen MR) is 68.8 cm³/mol. The van der Waals surface area contributed by atoms with Gasteiger partial charge in [0.1, 0.15) is 5.82 Å². The molecule has 0 aliphatic rings. The first kappa shape index (κ1) is 12.4. The predicted octanol–water partition coefficient (Wildman–Crippen LogP) is 1.18. The van der Waals surface area contributed by atoms with Gasteiger partial charge in [-0.3, -0.25) is 10.1 Å². The van der Waals surface area contributed by atoms with Gasteiger partial charge >= 0.3 is 0 Å². The van der Waals surface area contributed by atoms with Gasteiger partial charge in [-0.2, -0.15) is 0 Å². The number of hydrogen-bond donors (Lipinski definition) is 2. The van der Waals surface area contributed by atoms with E-state index in [1.165, 1.54) is 0 Å². The Morgan fingerprint density at radius 3 is 2.89 bits per heavy atom. The summed E-state index contributed by atoms with van der Waals surface area (Å²) in [6.45, 7) is 1.98. The van der Waals surface area contributed by atoms with Gasteiger partial charge in [0.05, 0.1) is 0 Å². The second-order valence-electron chi connectivity index (χ2n) is 3.46. The van der Waals surface area contributed by atoms with Crippen molar-refractivity contribution in [2.45, 2.75) is 13.3 Å². The second-order valence-corrected chi connectivity index (χ2v) is 4.19. The maximum Gasteiger partial charge on any atom is 0.257 e. The van der Waals surface area contributed by atoms with E-state index in [1.54, 1.807) is 19.2 Å². The van der Waals surface area contributed by atoms with E-state index in [0.29, 0.717) is 16.5 Å². The highest BCUT2D eigenvalue weighted by atomic mass is 32.1. The minimum atomic E-state index is -0.248. The van der Waals surface area contributed by atoms with Crippen LogP contribution in [0.4, 0.5) is 10.9 Å². The van der Waals surface area contributed by atoms with Gasteiger partial charge in [-0.1, -0.05) is 16.5 Å². The Morgan fingerprint density at radius 1 is 1.44 bits per heavy atom. The summed E-state index contributed by atoms with van der Waals surface area (Å²) < 4.78 is 3.58. The SMILES string of the molecule is CCc1cc(C(=O)Nc2nnns2)cc(NC)n1. The average Bonchev–Trinajstić information content (AvgIpc) is 2.90. The van der Waals surface area contributed by atoms with Crippen molar-refractivity contribution in [1.29, 1.82) is 0 Å². The van der Waals surface area contributed by atoms with Crippen LogP contribution in [-0.2, 0) is 6.42 Å². The topological polar surface area (TPSA) is 92.7 Å². The molecule has 7 nitrogen and oxygen atoms in total. The minimum Gasteiger partial charge on any atom is -0.373 e. The van der Waals surface area contributed by atoms with Crippen LogP contribution >= 0.6 is 11.5 Å². The Labute approximate surface area is 108 Å². The summed E-state index contributed by atoms with van der Waals surface area (Å²) in [5.41, 5.74) is 1.38. The van der Waals surface area contributed by atoms with Crippen LogP contribution in [0.3, 0.4) is 0 Å². The zero-order valence-corrected chi connectivity index (χ0v) is 10.8. The molecule has 0 bridgehead atoms. The van der Waals surface area contributed by atoms with Gasteiger partial charge in [-0.15, -0.1) is 0 Å². The number of amides is 1. The van der Waals surface area contributed by atoms with Gasteiger partial charge in [-0.05, 0) is 23.8 Å². The number of nitrogens with one attached hydrogen (secondary N) is 2. The second kappa shape index (κ2) is 5.50. The Hall–Kier alpha value is -2.09. The van der Waals surface area contributed by atoms with Crippen LogP contribution in [0, 0.1) is 0 Å². The largest absolute Gasteiger partial charge is 0.373 e. The van der Waals surface area contributed by atoms with Crippen molar-refractivity contribution in [2.75, 3.05) is 17.7 Å². The molecule has 94 valence electrons. The van der Waals surface area contributed by atoms with Gasteiger partial charge < -0.3 is 5.32 Å². The van der Waals surface area contributed by atoms with Crippen LogP contribution in [0.1, 0.15) is 23.0 Å². The van der Waals surface area contributed by atoms with Gasteiger partial charge in [0.15, 0.2) is 0 Å². The first-order valence-electron chi connectivity index (χ1n) is 5.38. The molecule has 2 N–H and O–H groups in total. The first-order chi connectivity index (χ1) is 8.72. The molecule has 18 heavy (non-hydrogen) atoms. The van der Waals surface area contributed by atoms with Crippen LogP contribution in [0.2, 0.25) is 0 Å². The van der Waals surface area contributed by atoms with Gasteiger partial charge in [0.2, 0.25) is 5.13 Å². The van der Waals surface area contributed by atoms with E-state index in [2.05, 4.69) is 30.4 Å². The Bertz CT molecular complexity index is 519. The quantitative estimate of drug-likeness (QED) is 0.861. The molecule has 0 radical (unpaired) electrons. The lowest BCUT2D eigenvalue weighted by atomic mass is 10.2. The lowest BCUT2D eigenvalue weighted by Crippen LogP contribution is -2.13. The molecule has 0 saturated heterocycles. The number of carbonyl (C=O) groups is 1. The van der Waals surface area contributed by atoms with Gasteiger partial charge in [0.25, 0.3) is 5.91 Å². The number of carbonyl (C=O) groups excluding carboxylic acids is 1. The molecule has 0 aromatic carbocycles. The number of anilines is 2. The number of nitrogens with zero attached hydrogens (tertiary/aromatic N) is 4. The normalized spacial score (nSPS) is 10.1. The lowest BCUT2D eigenvalue weighted by molar-refractivity contribution is 0.102. The molecule has 0 unspecified atom stereocenters. The highest BCUT2D eigenvalue weighted by molar-refractivity contribution is 7.09. The molecule has 2 heterocycles. The van der Waals surface area contributed by atoms with E-state index < -0.39 is 0 Å². The number of aromatic nitrogens is 4. The highest BCUT2D eigenvalue weighted by Gasteiger charge is 2.11. The summed E-state index contributed by atoms with van der Waals surface area (Å²) in [5, 5.41) is 13.0. The summed E-state index contributed by atoms with van der Waals surface area (Å²) in [5.74, 6) is 0.414. The Balaban J connectivity index is 2.23. The monoisotopic (exact) mass is 264 g/mol. The number of aryl methyl sites for hydroxylation is 1. The third-order valence-electron chi connectivity index (χ3n) is 2.28. The molecule has 0 atom stereocenters. The first-order valence-corrected chi connectivity index (χ1v) is 6.15. The molecule has 2 aromatic rings. The lowest BCUT2D eigenvalue weighted by Gasteiger charge is -2.06. The standard InChI is InChI=1S/C10H12N6OS/c1-3-7-4-6(5-8(11-2)12-7)9(17)13-10-14-15-16-18-10/h4-5H,3H2,1-2H3,(H,11,12)(H,13,14,16,17). The number of pyridine rings is 1. The Kier molecular flexibility index (Phi) is 3.78.